The normalized spacial score (nSPS) is 12.8. The molecule has 0 rings (SSSR count). The Morgan fingerprint density at radius 1 is 0.350 bits per heavy atom. The van der Waals surface area contributed by atoms with E-state index in [0.717, 1.165) is 135 Å². The molecular formula is C54H90O6. The summed E-state index contributed by atoms with van der Waals surface area (Å²) in [6.07, 6.45) is 61.3. The van der Waals surface area contributed by atoms with Crippen molar-refractivity contribution >= 4 is 17.9 Å². The molecule has 0 N–H and O–H groups in total. The molecule has 0 bridgehead atoms. The summed E-state index contributed by atoms with van der Waals surface area (Å²) in [5.74, 6) is -0.948. The van der Waals surface area contributed by atoms with E-state index in [1.165, 1.54) is 44.9 Å². The minimum Gasteiger partial charge on any atom is -0.462 e. The highest BCUT2D eigenvalue weighted by Crippen LogP contribution is 2.13. The minimum atomic E-state index is -0.796. The van der Waals surface area contributed by atoms with Gasteiger partial charge in [-0.3, -0.25) is 14.4 Å². The monoisotopic (exact) mass is 835 g/mol. The van der Waals surface area contributed by atoms with Gasteiger partial charge in [-0.2, -0.15) is 0 Å². The van der Waals surface area contributed by atoms with Gasteiger partial charge in [0.05, 0.1) is 0 Å². The van der Waals surface area contributed by atoms with Crippen molar-refractivity contribution in [3.05, 3.63) is 85.1 Å². The van der Waals surface area contributed by atoms with Crippen molar-refractivity contribution in [3.8, 4) is 0 Å². The summed E-state index contributed by atoms with van der Waals surface area (Å²) in [6, 6.07) is 0. The van der Waals surface area contributed by atoms with Crippen LogP contribution in [0.25, 0.3) is 0 Å². The molecule has 0 amide bonds. The van der Waals surface area contributed by atoms with Crippen LogP contribution in [0, 0.1) is 0 Å². The fourth-order valence-electron chi connectivity index (χ4n) is 6.37. The van der Waals surface area contributed by atoms with E-state index < -0.39 is 6.10 Å². The van der Waals surface area contributed by atoms with Gasteiger partial charge in [0.1, 0.15) is 13.2 Å². The highest BCUT2D eigenvalue weighted by molar-refractivity contribution is 5.71. The predicted molar refractivity (Wildman–Crippen MR) is 256 cm³/mol. The van der Waals surface area contributed by atoms with Gasteiger partial charge in [0.15, 0.2) is 6.10 Å². The highest BCUT2D eigenvalue weighted by atomic mass is 16.6. The zero-order valence-electron chi connectivity index (χ0n) is 38.9. The van der Waals surface area contributed by atoms with Gasteiger partial charge >= 0.3 is 17.9 Å². The van der Waals surface area contributed by atoms with E-state index in [-0.39, 0.29) is 31.1 Å². The molecule has 0 aromatic carbocycles. The molecule has 0 saturated heterocycles. The molecule has 1 atom stereocenters. The second kappa shape index (κ2) is 48.3. The maximum Gasteiger partial charge on any atom is 0.306 e. The molecule has 0 saturated carbocycles. The number of unbranched alkanes of at least 4 members (excludes halogenated alkanes) is 18. The molecule has 0 radical (unpaired) electrons. The Bertz CT molecular complexity index is 1190. The molecule has 0 aromatic heterocycles. The Labute approximate surface area is 369 Å². The second-order valence-corrected chi connectivity index (χ2v) is 16.0. The summed E-state index contributed by atoms with van der Waals surface area (Å²) in [7, 11) is 0. The lowest BCUT2D eigenvalue weighted by molar-refractivity contribution is -0.167. The Hall–Kier alpha value is -3.41. The third-order valence-electron chi connectivity index (χ3n) is 10.1. The van der Waals surface area contributed by atoms with Crippen LogP contribution in [-0.4, -0.2) is 37.2 Å². The van der Waals surface area contributed by atoms with E-state index >= 15 is 0 Å². The number of ether oxygens (including phenoxy) is 3. The molecule has 0 aromatic rings. The van der Waals surface area contributed by atoms with E-state index in [2.05, 4.69) is 106 Å². The second-order valence-electron chi connectivity index (χ2n) is 16.0. The van der Waals surface area contributed by atoms with Crippen LogP contribution >= 0.6 is 0 Å². The van der Waals surface area contributed by atoms with Crippen LogP contribution in [0.2, 0.25) is 0 Å². The number of hydrogen-bond acceptors (Lipinski definition) is 6. The average molecular weight is 835 g/mol. The molecule has 60 heavy (non-hydrogen) atoms. The number of rotatable bonds is 43. The summed E-state index contributed by atoms with van der Waals surface area (Å²) >= 11 is 0. The predicted octanol–water partition coefficient (Wildman–Crippen LogP) is 16.0. The van der Waals surface area contributed by atoms with E-state index in [9.17, 15) is 14.4 Å². The van der Waals surface area contributed by atoms with E-state index in [1.807, 2.05) is 0 Å². The molecule has 0 spiro atoms. The first-order valence-electron chi connectivity index (χ1n) is 24.6. The lowest BCUT2D eigenvalue weighted by atomic mass is 10.1. The third kappa shape index (κ3) is 45.7. The third-order valence-corrected chi connectivity index (χ3v) is 10.1. The van der Waals surface area contributed by atoms with Crippen molar-refractivity contribution < 1.29 is 28.6 Å². The van der Waals surface area contributed by atoms with Crippen molar-refractivity contribution in [3.63, 3.8) is 0 Å². The standard InChI is InChI=1S/C54H90O6/c1-4-7-10-13-16-19-22-24-26-27-28-30-32-35-38-41-44-47-53(56)59-50-51(49-58-52(55)46-43-40-37-34-31-21-18-15-12-9-6-3)60-54(57)48-45-42-39-36-33-29-25-23-20-17-14-11-8-5-2/h7,10,14-19,23-26,28,30,51H,4-6,8-9,11-13,20-22,27,29,31-50H2,1-3H3/b10-7-,17-14-,18-15-,19-16-,25-23-,26-24-,30-28-. The van der Waals surface area contributed by atoms with Crippen LogP contribution in [0.15, 0.2) is 85.1 Å². The molecule has 0 aliphatic carbocycles. The van der Waals surface area contributed by atoms with Gasteiger partial charge < -0.3 is 14.2 Å². The zero-order chi connectivity index (χ0) is 43.7. The van der Waals surface area contributed by atoms with E-state index in [1.54, 1.807) is 0 Å². The molecule has 0 aliphatic rings. The van der Waals surface area contributed by atoms with Gasteiger partial charge in [-0.1, -0.05) is 183 Å². The lowest BCUT2D eigenvalue weighted by Crippen LogP contribution is -2.30. The van der Waals surface area contributed by atoms with Crippen molar-refractivity contribution in [1.82, 2.24) is 0 Å². The Morgan fingerprint density at radius 2 is 0.650 bits per heavy atom. The van der Waals surface area contributed by atoms with Gasteiger partial charge in [0, 0.05) is 19.3 Å². The first-order valence-corrected chi connectivity index (χ1v) is 24.6. The van der Waals surface area contributed by atoms with Crippen LogP contribution in [-0.2, 0) is 28.6 Å². The fraction of sp³-hybridized carbons (Fsp3) is 0.685. The van der Waals surface area contributed by atoms with E-state index in [4.69, 9.17) is 14.2 Å². The molecule has 6 heteroatoms. The highest BCUT2D eigenvalue weighted by Gasteiger charge is 2.19. The topological polar surface area (TPSA) is 78.9 Å². The maximum atomic E-state index is 12.8. The van der Waals surface area contributed by atoms with Gasteiger partial charge in [0.2, 0.25) is 0 Å². The van der Waals surface area contributed by atoms with Crippen LogP contribution in [0.3, 0.4) is 0 Å². The fourth-order valence-corrected chi connectivity index (χ4v) is 6.37. The SMILES string of the molecule is CC/C=C\C/C=C\C/C=C\C/C=C\CCCCCCC(=O)OCC(COC(=O)CCCCCCC/C=C\CCCC)OC(=O)CCCCCCC/C=C\C/C=C\CCCC. The molecule has 0 fully saturated rings. The van der Waals surface area contributed by atoms with Gasteiger partial charge in [0.25, 0.3) is 0 Å². The number of carbonyl (C=O) groups is 3. The van der Waals surface area contributed by atoms with Crippen LogP contribution in [0.5, 0.6) is 0 Å². The van der Waals surface area contributed by atoms with Gasteiger partial charge in [-0.15, -0.1) is 0 Å². The van der Waals surface area contributed by atoms with E-state index in [0.29, 0.717) is 19.3 Å². The quantitative estimate of drug-likeness (QED) is 0.0263. The number of carbonyl (C=O) groups excluding carboxylic acids is 3. The van der Waals surface area contributed by atoms with Crippen molar-refractivity contribution in [2.24, 2.45) is 0 Å². The number of allylic oxidation sites excluding steroid dienone is 14. The minimum absolute atomic E-state index is 0.0957. The Morgan fingerprint density at radius 3 is 1.03 bits per heavy atom. The maximum absolute atomic E-state index is 12.8. The van der Waals surface area contributed by atoms with Gasteiger partial charge in [-0.25, -0.2) is 0 Å². The summed E-state index contributed by atoms with van der Waals surface area (Å²) in [5, 5.41) is 0. The molecule has 0 aliphatic heterocycles. The smallest absolute Gasteiger partial charge is 0.306 e. The number of hydrogen-bond donors (Lipinski definition) is 0. The lowest BCUT2D eigenvalue weighted by Gasteiger charge is -2.18. The Balaban J connectivity index is 4.45. The molecule has 0 heterocycles. The molecule has 342 valence electrons. The molecule has 1 unspecified atom stereocenters. The summed E-state index contributed by atoms with van der Waals surface area (Å²) in [4.78, 5) is 37.9. The first kappa shape index (κ1) is 56.6. The summed E-state index contributed by atoms with van der Waals surface area (Å²) in [6.45, 7) is 6.39. The summed E-state index contributed by atoms with van der Waals surface area (Å²) < 4.78 is 16.7. The summed E-state index contributed by atoms with van der Waals surface area (Å²) in [5.41, 5.74) is 0. The van der Waals surface area contributed by atoms with Crippen molar-refractivity contribution in [1.29, 1.82) is 0 Å². The van der Waals surface area contributed by atoms with Gasteiger partial charge in [-0.05, 0) is 103 Å². The van der Waals surface area contributed by atoms with Crippen LogP contribution in [0.1, 0.15) is 220 Å². The van der Waals surface area contributed by atoms with Crippen LogP contribution < -0.4 is 0 Å². The molecular weight excluding hydrogens is 745 g/mol. The van der Waals surface area contributed by atoms with Crippen LogP contribution in [0.4, 0.5) is 0 Å². The average Bonchev–Trinajstić information content (AvgIpc) is 3.24. The first-order chi connectivity index (χ1) is 29.5. The van der Waals surface area contributed by atoms with Crippen molar-refractivity contribution in [2.75, 3.05) is 13.2 Å². The largest absolute Gasteiger partial charge is 0.462 e. The molecule has 6 nitrogen and oxygen atoms in total. The van der Waals surface area contributed by atoms with Crippen molar-refractivity contribution in [2.45, 2.75) is 226 Å². The Kier molecular flexibility index (Phi) is 45.5. The number of esters is 3. The zero-order valence-corrected chi connectivity index (χ0v) is 38.9.